The van der Waals surface area contributed by atoms with Gasteiger partial charge in [-0.3, -0.25) is 25.0 Å². The van der Waals surface area contributed by atoms with E-state index in [4.69, 9.17) is 25.8 Å². The molecule has 0 aliphatic carbocycles. The summed E-state index contributed by atoms with van der Waals surface area (Å²) in [4.78, 5) is 49.5. The van der Waals surface area contributed by atoms with E-state index in [9.17, 15) is 24.5 Å². The first-order valence-electron chi connectivity index (χ1n) is 11.6. The summed E-state index contributed by atoms with van der Waals surface area (Å²) in [6, 6.07) is 14.2. The molecule has 11 nitrogen and oxygen atoms in total. The van der Waals surface area contributed by atoms with Crippen molar-refractivity contribution in [1.82, 2.24) is 5.32 Å². The van der Waals surface area contributed by atoms with Gasteiger partial charge in [-0.2, -0.15) is 0 Å². The molecule has 1 saturated heterocycles. The van der Waals surface area contributed by atoms with Crippen molar-refractivity contribution in [2.75, 3.05) is 18.6 Å². The molecule has 3 aromatic carbocycles. The maximum Gasteiger partial charge on any atom is 0.335 e. The van der Waals surface area contributed by atoms with E-state index in [1.165, 1.54) is 49.6 Å². The summed E-state index contributed by atoms with van der Waals surface area (Å²) in [6.07, 6.45) is 1.29. The van der Waals surface area contributed by atoms with E-state index < -0.39 is 22.8 Å². The number of halogens is 1. The zero-order valence-corrected chi connectivity index (χ0v) is 21.6. The van der Waals surface area contributed by atoms with Crippen LogP contribution in [0.5, 0.6) is 17.2 Å². The largest absolute Gasteiger partial charge is 0.494 e. The van der Waals surface area contributed by atoms with Crippen molar-refractivity contribution in [1.29, 1.82) is 0 Å². The summed E-state index contributed by atoms with van der Waals surface area (Å²) < 4.78 is 16.6. The Hall–Kier alpha value is -4.90. The molecule has 39 heavy (non-hydrogen) atoms. The molecule has 1 heterocycles. The van der Waals surface area contributed by atoms with Gasteiger partial charge < -0.3 is 14.2 Å². The average molecular weight is 552 g/mol. The maximum atomic E-state index is 13.2. The Kier molecular flexibility index (Phi) is 8.11. The van der Waals surface area contributed by atoms with Gasteiger partial charge in [0.1, 0.15) is 17.9 Å². The number of nitro groups is 1. The maximum absolute atomic E-state index is 13.2. The number of nitro benzene ring substituents is 1. The summed E-state index contributed by atoms with van der Waals surface area (Å²) in [5.41, 5.74) is 0.925. The second-order valence-corrected chi connectivity index (χ2v) is 8.54. The number of barbiturate groups is 1. The predicted molar refractivity (Wildman–Crippen MR) is 142 cm³/mol. The van der Waals surface area contributed by atoms with Crippen molar-refractivity contribution < 1.29 is 33.5 Å². The van der Waals surface area contributed by atoms with Gasteiger partial charge in [0.25, 0.3) is 17.5 Å². The number of anilines is 1. The number of hydrogen-bond acceptors (Lipinski definition) is 8. The van der Waals surface area contributed by atoms with Gasteiger partial charge in [-0.15, -0.1) is 0 Å². The van der Waals surface area contributed by atoms with Gasteiger partial charge in [0, 0.05) is 12.1 Å². The molecule has 1 N–H and O–H groups in total. The Labute approximate surface area is 227 Å². The van der Waals surface area contributed by atoms with Crippen molar-refractivity contribution >= 4 is 46.9 Å². The fourth-order valence-electron chi connectivity index (χ4n) is 3.75. The summed E-state index contributed by atoms with van der Waals surface area (Å²) in [5, 5.41) is 13.1. The highest BCUT2D eigenvalue weighted by Gasteiger charge is 2.37. The summed E-state index contributed by atoms with van der Waals surface area (Å²) in [6.45, 7) is 2.34. The van der Waals surface area contributed by atoms with Gasteiger partial charge in [-0.05, 0) is 72.7 Å². The summed E-state index contributed by atoms with van der Waals surface area (Å²) >= 11 is 6.44. The highest BCUT2D eigenvalue weighted by Crippen LogP contribution is 2.38. The van der Waals surface area contributed by atoms with Gasteiger partial charge in [0.05, 0.1) is 29.4 Å². The smallest absolute Gasteiger partial charge is 0.335 e. The molecule has 0 atom stereocenters. The van der Waals surface area contributed by atoms with E-state index in [0.717, 1.165) is 4.90 Å². The molecule has 3 aromatic rings. The lowest BCUT2D eigenvalue weighted by Gasteiger charge is -2.26. The molecule has 1 fully saturated rings. The molecule has 0 saturated carbocycles. The molecule has 12 heteroatoms. The minimum Gasteiger partial charge on any atom is -0.494 e. The number of ether oxygens (including phenoxy) is 3. The molecular formula is C27H22ClN3O8. The first kappa shape index (κ1) is 27.1. The number of urea groups is 1. The van der Waals surface area contributed by atoms with E-state index in [2.05, 4.69) is 5.32 Å². The number of amides is 4. The van der Waals surface area contributed by atoms with Gasteiger partial charge in [-0.25, -0.2) is 9.69 Å². The normalized spacial score (nSPS) is 14.3. The van der Waals surface area contributed by atoms with Crippen LogP contribution in [0.4, 0.5) is 16.2 Å². The second-order valence-electron chi connectivity index (χ2n) is 8.13. The zero-order chi connectivity index (χ0) is 28.1. The van der Waals surface area contributed by atoms with Crippen molar-refractivity contribution in [3.63, 3.8) is 0 Å². The third-order valence-electron chi connectivity index (χ3n) is 5.60. The lowest BCUT2D eigenvalue weighted by Crippen LogP contribution is -2.54. The Morgan fingerprint density at radius 2 is 1.72 bits per heavy atom. The molecule has 0 radical (unpaired) electrons. The van der Waals surface area contributed by atoms with E-state index in [-0.39, 0.29) is 40.1 Å². The van der Waals surface area contributed by atoms with Gasteiger partial charge in [0.2, 0.25) is 0 Å². The van der Waals surface area contributed by atoms with Crippen LogP contribution < -0.4 is 24.4 Å². The van der Waals surface area contributed by atoms with E-state index in [1.807, 2.05) is 6.92 Å². The molecule has 1 aliphatic heterocycles. The molecule has 0 unspecified atom stereocenters. The van der Waals surface area contributed by atoms with Crippen LogP contribution in [0.1, 0.15) is 18.1 Å². The van der Waals surface area contributed by atoms with Crippen molar-refractivity contribution in [2.45, 2.75) is 13.5 Å². The molecule has 4 rings (SSSR count). The minimum atomic E-state index is -0.878. The molecule has 0 bridgehead atoms. The quantitative estimate of drug-likeness (QED) is 0.171. The third-order valence-corrected chi connectivity index (χ3v) is 5.88. The minimum absolute atomic E-state index is 0.0455. The van der Waals surface area contributed by atoms with Crippen LogP contribution in [0.15, 0.2) is 66.2 Å². The van der Waals surface area contributed by atoms with E-state index in [0.29, 0.717) is 23.5 Å². The zero-order valence-electron chi connectivity index (χ0n) is 20.8. The molecule has 0 spiro atoms. The number of carbonyl (C=O) groups excluding carboxylic acids is 3. The van der Waals surface area contributed by atoms with Crippen LogP contribution in [-0.4, -0.2) is 36.5 Å². The van der Waals surface area contributed by atoms with Crippen LogP contribution in [0.2, 0.25) is 5.02 Å². The Balaban J connectivity index is 1.58. The number of methoxy groups -OCH3 is 1. The SMILES string of the molecule is CCOc1ccc(N2C(=O)NC(=O)/C(=C\c3cc(Cl)c(OCc4ccc([N+](=O)[O-])cc4)c(OC)c3)C2=O)cc1. The standard InChI is InChI=1S/C27H22ClN3O8/c1-3-38-20-10-8-18(9-11-20)30-26(33)21(25(32)29-27(30)34)12-17-13-22(28)24(23(14-17)37-2)39-15-16-4-6-19(7-5-16)31(35)36/h4-14H,3,15H2,1-2H3,(H,29,32,34)/b21-12+. The number of carbonyl (C=O) groups is 3. The van der Waals surface area contributed by atoms with Gasteiger partial charge in [-0.1, -0.05) is 11.6 Å². The lowest BCUT2D eigenvalue weighted by molar-refractivity contribution is -0.384. The van der Waals surface area contributed by atoms with Crippen LogP contribution in [0, 0.1) is 10.1 Å². The predicted octanol–water partition coefficient (Wildman–Crippen LogP) is 4.90. The summed E-state index contributed by atoms with van der Waals surface area (Å²) in [5.74, 6) is -0.692. The first-order valence-corrected chi connectivity index (χ1v) is 12.0. The number of nitrogens with zero attached hydrogens (tertiary/aromatic N) is 2. The fraction of sp³-hybridized carbons (Fsp3) is 0.148. The van der Waals surface area contributed by atoms with Gasteiger partial charge in [0.15, 0.2) is 11.5 Å². The average Bonchev–Trinajstić information content (AvgIpc) is 2.91. The Bertz CT molecular complexity index is 1470. The monoisotopic (exact) mass is 551 g/mol. The highest BCUT2D eigenvalue weighted by atomic mass is 35.5. The molecule has 0 aromatic heterocycles. The Morgan fingerprint density at radius 3 is 2.33 bits per heavy atom. The highest BCUT2D eigenvalue weighted by molar-refractivity contribution is 6.39. The number of hydrogen-bond donors (Lipinski definition) is 1. The topological polar surface area (TPSA) is 137 Å². The number of non-ortho nitro benzene ring substituents is 1. The van der Waals surface area contributed by atoms with E-state index >= 15 is 0 Å². The van der Waals surface area contributed by atoms with E-state index in [1.54, 1.807) is 24.3 Å². The van der Waals surface area contributed by atoms with Crippen molar-refractivity contribution in [2.24, 2.45) is 0 Å². The van der Waals surface area contributed by atoms with Crippen LogP contribution in [-0.2, 0) is 16.2 Å². The number of benzene rings is 3. The Morgan fingerprint density at radius 1 is 1.03 bits per heavy atom. The molecule has 1 aliphatic rings. The first-order chi connectivity index (χ1) is 18.7. The molecular weight excluding hydrogens is 530 g/mol. The van der Waals surface area contributed by atoms with Crippen molar-refractivity contribution in [3.8, 4) is 17.2 Å². The fourth-order valence-corrected chi connectivity index (χ4v) is 4.02. The second kappa shape index (κ2) is 11.7. The molecule has 200 valence electrons. The molecule has 4 amide bonds. The van der Waals surface area contributed by atoms with Crippen LogP contribution >= 0.6 is 11.6 Å². The summed E-state index contributed by atoms with van der Waals surface area (Å²) in [7, 11) is 1.39. The lowest BCUT2D eigenvalue weighted by atomic mass is 10.1. The third kappa shape index (κ3) is 5.99. The number of rotatable bonds is 9. The number of nitrogens with one attached hydrogen (secondary N) is 1. The van der Waals surface area contributed by atoms with Gasteiger partial charge >= 0.3 is 6.03 Å². The van der Waals surface area contributed by atoms with Crippen LogP contribution in [0.3, 0.4) is 0 Å². The number of imide groups is 2. The van der Waals surface area contributed by atoms with Crippen LogP contribution in [0.25, 0.3) is 6.08 Å². The van der Waals surface area contributed by atoms with Crippen molar-refractivity contribution in [3.05, 3.63) is 92.5 Å².